The molecule has 6 nitrogen and oxygen atoms in total. The number of ether oxygens (including phenoxy) is 1. The van der Waals surface area contributed by atoms with E-state index in [9.17, 15) is 0 Å². The van der Waals surface area contributed by atoms with Gasteiger partial charge in [0.1, 0.15) is 11.5 Å². The number of anilines is 1. The Morgan fingerprint density at radius 3 is 2.79 bits per heavy atom. The fourth-order valence-electron chi connectivity index (χ4n) is 1.57. The second-order valence-corrected chi connectivity index (χ2v) is 4.30. The zero-order chi connectivity index (χ0) is 13.7. The molecule has 0 bridgehead atoms. The molecule has 6 heteroatoms. The molecular formula is C13H18N4O2. The molecule has 0 saturated carbocycles. The first-order valence-corrected chi connectivity index (χ1v) is 6.32. The Balaban J connectivity index is 2.01. The summed E-state index contributed by atoms with van der Waals surface area (Å²) in [4.78, 5) is 8.59. The summed E-state index contributed by atoms with van der Waals surface area (Å²) in [5.74, 6) is 1.91. The third-order valence-corrected chi connectivity index (χ3v) is 2.39. The Kier molecular flexibility index (Phi) is 4.33. The molecule has 0 aliphatic rings. The minimum atomic E-state index is 0.522. The van der Waals surface area contributed by atoms with Gasteiger partial charge in [-0.1, -0.05) is 12.1 Å². The lowest BCUT2D eigenvalue weighted by atomic mass is 10.4. The van der Waals surface area contributed by atoms with Gasteiger partial charge in [0, 0.05) is 17.8 Å². The van der Waals surface area contributed by atoms with Crippen molar-refractivity contribution in [3.63, 3.8) is 0 Å². The number of nitrogens with zero attached hydrogens (tertiary/aromatic N) is 3. The smallest absolute Gasteiger partial charge is 0.226 e. The van der Waals surface area contributed by atoms with Crippen LogP contribution in [0, 0.1) is 13.8 Å². The second kappa shape index (κ2) is 6.17. The third-order valence-electron chi connectivity index (χ3n) is 2.39. The first-order chi connectivity index (χ1) is 9.17. The molecule has 19 heavy (non-hydrogen) atoms. The predicted octanol–water partition coefficient (Wildman–Crippen LogP) is 2.48. The van der Waals surface area contributed by atoms with Crippen LogP contribution in [-0.4, -0.2) is 21.7 Å². The van der Waals surface area contributed by atoms with Crippen molar-refractivity contribution in [3.05, 3.63) is 29.3 Å². The third kappa shape index (κ3) is 3.94. The SMILES string of the molecule is CCCOc1cc(C)nc(NCc2cc(C)on2)n1. The fraction of sp³-hybridized carbons (Fsp3) is 0.462. The van der Waals surface area contributed by atoms with E-state index in [-0.39, 0.29) is 0 Å². The molecule has 0 fully saturated rings. The molecule has 0 radical (unpaired) electrons. The van der Waals surface area contributed by atoms with Crippen LogP contribution in [0.25, 0.3) is 0 Å². The van der Waals surface area contributed by atoms with Gasteiger partial charge in [0.2, 0.25) is 11.8 Å². The second-order valence-electron chi connectivity index (χ2n) is 4.30. The Bertz CT molecular complexity index is 539. The van der Waals surface area contributed by atoms with Crippen molar-refractivity contribution in [3.8, 4) is 5.88 Å². The number of rotatable bonds is 6. The number of hydrogen-bond acceptors (Lipinski definition) is 6. The molecule has 0 unspecified atom stereocenters. The number of hydrogen-bond donors (Lipinski definition) is 1. The highest BCUT2D eigenvalue weighted by Crippen LogP contribution is 2.13. The summed E-state index contributed by atoms with van der Waals surface area (Å²) >= 11 is 0. The van der Waals surface area contributed by atoms with E-state index < -0.39 is 0 Å². The zero-order valence-corrected chi connectivity index (χ0v) is 11.4. The normalized spacial score (nSPS) is 10.5. The van der Waals surface area contributed by atoms with Crippen molar-refractivity contribution in [2.24, 2.45) is 0 Å². The van der Waals surface area contributed by atoms with Gasteiger partial charge in [-0.2, -0.15) is 4.98 Å². The summed E-state index contributed by atoms with van der Waals surface area (Å²) < 4.78 is 10.5. The van der Waals surface area contributed by atoms with Crippen LogP contribution < -0.4 is 10.1 Å². The monoisotopic (exact) mass is 262 g/mol. The summed E-state index contributed by atoms with van der Waals surface area (Å²) in [7, 11) is 0. The Labute approximate surface area is 112 Å². The molecule has 0 spiro atoms. The average Bonchev–Trinajstić information content (AvgIpc) is 2.79. The summed E-state index contributed by atoms with van der Waals surface area (Å²) in [5, 5.41) is 7.01. The van der Waals surface area contributed by atoms with Gasteiger partial charge in [-0.25, -0.2) is 4.98 Å². The molecular weight excluding hydrogens is 244 g/mol. The molecule has 2 rings (SSSR count). The molecule has 2 heterocycles. The van der Waals surface area contributed by atoms with E-state index in [0.29, 0.717) is 25.0 Å². The Hall–Kier alpha value is -2.11. The Morgan fingerprint density at radius 1 is 1.26 bits per heavy atom. The largest absolute Gasteiger partial charge is 0.478 e. The maximum atomic E-state index is 5.51. The van der Waals surface area contributed by atoms with Crippen LogP contribution >= 0.6 is 0 Å². The van der Waals surface area contributed by atoms with Gasteiger partial charge in [-0.05, 0) is 20.3 Å². The van der Waals surface area contributed by atoms with Crippen molar-refractivity contribution in [1.82, 2.24) is 15.1 Å². The van der Waals surface area contributed by atoms with Crippen LogP contribution in [0.2, 0.25) is 0 Å². The summed E-state index contributed by atoms with van der Waals surface area (Å²) in [6.07, 6.45) is 0.948. The maximum Gasteiger partial charge on any atom is 0.226 e. The van der Waals surface area contributed by atoms with Crippen LogP contribution in [0.5, 0.6) is 5.88 Å². The lowest BCUT2D eigenvalue weighted by Gasteiger charge is -2.07. The molecule has 2 aromatic heterocycles. The van der Waals surface area contributed by atoms with E-state index >= 15 is 0 Å². The minimum absolute atomic E-state index is 0.522. The van der Waals surface area contributed by atoms with Crippen molar-refractivity contribution < 1.29 is 9.26 Å². The molecule has 0 saturated heterocycles. The van der Waals surface area contributed by atoms with Gasteiger partial charge in [0.25, 0.3) is 0 Å². The summed E-state index contributed by atoms with van der Waals surface area (Å²) in [6, 6.07) is 3.69. The molecule has 0 aromatic carbocycles. The molecule has 1 N–H and O–H groups in total. The van der Waals surface area contributed by atoms with E-state index in [0.717, 1.165) is 23.6 Å². The lowest BCUT2D eigenvalue weighted by Crippen LogP contribution is -2.06. The van der Waals surface area contributed by atoms with Gasteiger partial charge >= 0.3 is 0 Å². The van der Waals surface area contributed by atoms with E-state index in [1.165, 1.54) is 0 Å². The van der Waals surface area contributed by atoms with Crippen LogP contribution in [0.15, 0.2) is 16.7 Å². The van der Waals surface area contributed by atoms with Crippen LogP contribution in [0.1, 0.15) is 30.5 Å². The maximum absolute atomic E-state index is 5.51. The van der Waals surface area contributed by atoms with Crippen LogP contribution in [0.3, 0.4) is 0 Å². The van der Waals surface area contributed by atoms with Gasteiger partial charge < -0.3 is 14.6 Å². The molecule has 0 atom stereocenters. The van der Waals surface area contributed by atoms with Crippen LogP contribution in [0.4, 0.5) is 5.95 Å². The number of nitrogens with one attached hydrogen (secondary N) is 1. The van der Waals surface area contributed by atoms with Crippen molar-refractivity contribution in [2.45, 2.75) is 33.7 Å². The lowest BCUT2D eigenvalue weighted by molar-refractivity contribution is 0.305. The van der Waals surface area contributed by atoms with E-state index in [4.69, 9.17) is 9.26 Å². The first kappa shape index (κ1) is 13.3. The predicted molar refractivity (Wildman–Crippen MR) is 71.1 cm³/mol. The first-order valence-electron chi connectivity index (χ1n) is 6.32. The van der Waals surface area contributed by atoms with Crippen LogP contribution in [-0.2, 0) is 6.54 Å². The molecule has 0 aliphatic carbocycles. The van der Waals surface area contributed by atoms with E-state index in [1.807, 2.05) is 26.0 Å². The number of aromatic nitrogens is 3. The van der Waals surface area contributed by atoms with Gasteiger partial charge in [0.15, 0.2) is 0 Å². The molecule has 0 aliphatic heterocycles. The van der Waals surface area contributed by atoms with Crippen molar-refractivity contribution in [1.29, 1.82) is 0 Å². The standard InChI is InChI=1S/C13H18N4O2/c1-4-5-18-12-6-9(2)15-13(16-12)14-8-11-7-10(3)19-17-11/h6-7H,4-5,8H2,1-3H3,(H,14,15,16). The van der Waals surface area contributed by atoms with Crippen molar-refractivity contribution >= 4 is 5.95 Å². The quantitative estimate of drug-likeness (QED) is 0.862. The highest BCUT2D eigenvalue weighted by Gasteiger charge is 2.05. The highest BCUT2D eigenvalue weighted by atomic mass is 16.5. The van der Waals surface area contributed by atoms with Gasteiger partial charge in [-0.3, -0.25) is 0 Å². The van der Waals surface area contributed by atoms with Crippen molar-refractivity contribution in [2.75, 3.05) is 11.9 Å². The summed E-state index contributed by atoms with van der Waals surface area (Å²) in [5.41, 5.74) is 1.68. The molecule has 0 amide bonds. The minimum Gasteiger partial charge on any atom is -0.478 e. The number of aryl methyl sites for hydroxylation is 2. The van der Waals surface area contributed by atoms with Gasteiger partial charge in [0.05, 0.1) is 13.2 Å². The van der Waals surface area contributed by atoms with E-state index in [1.54, 1.807) is 0 Å². The van der Waals surface area contributed by atoms with E-state index in [2.05, 4.69) is 27.4 Å². The average molecular weight is 262 g/mol. The highest BCUT2D eigenvalue weighted by molar-refractivity contribution is 5.31. The topological polar surface area (TPSA) is 73.1 Å². The Morgan fingerprint density at radius 2 is 2.11 bits per heavy atom. The van der Waals surface area contributed by atoms with Gasteiger partial charge in [-0.15, -0.1) is 0 Å². The zero-order valence-electron chi connectivity index (χ0n) is 11.4. The molecule has 102 valence electrons. The summed E-state index contributed by atoms with van der Waals surface area (Å²) in [6.45, 7) is 6.99. The molecule has 2 aromatic rings. The fourth-order valence-corrected chi connectivity index (χ4v) is 1.57.